The first kappa shape index (κ1) is 16.0. The predicted octanol–water partition coefficient (Wildman–Crippen LogP) is 5.57. The number of nitro benzene ring substituents is 1. The lowest BCUT2D eigenvalue weighted by Gasteiger charge is -2.03. The number of hydrogen-bond donors (Lipinski definition) is 0. The fourth-order valence-electron chi connectivity index (χ4n) is 2.23. The van der Waals surface area contributed by atoms with Crippen LogP contribution in [0, 0.1) is 17.0 Å². The van der Waals surface area contributed by atoms with Gasteiger partial charge in [0.1, 0.15) is 11.5 Å². The summed E-state index contributed by atoms with van der Waals surface area (Å²) in [5.41, 5.74) is 2.28. The first-order valence-electron chi connectivity index (χ1n) is 7.18. The van der Waals surface area contributed by atoms with Gasteiger partial charge in [-0.25, -0.2) is 0 Å². The molecule has 0 radical (unpaired) electrons. The van der Waals surface area contributed by atoms with E-state index in [4.69, 9.17) is 16.0 Å². The van der Waals surface area contributed by atoms with Crippen LogP contribution in [0.25, 0.3) is 11.3 Å². The van der Waals surface area contributed by atoms with Crippen LogP contribution < -0.4 is 0 Å². The van der Waals surface area contributed by atoms with E-state index in [1.807, 2.05) is 25.1 Å². The molecule has 6 heteroatoms. The van der Waals surface area contributed by atoms with Gasteiger partial charge in [0.25, 0.3) is 5.69 Å². The van der Waals surface area contributed by atoms with E-state index in [1.165, 1.54) is 12.1 Å². The molecular formula is C18H13ClN2O3. The molecule has 0 saturated heterocycles. The van der Waals surface area contributed by atoms with Crippen molar-refractivity contribution >= 4 is 29.2 Å². The van der Waals surface area contributed by atoms with Crippen LogP contribution in [0.3, 0.4) is 0 Å². The smallest absolute Gasteiger partial charge is 0.269 e. The van der Waals surface area contributed by atoms with Gasteiger partial charge in [-0.3, -0.25) is 15.1 Å². The topological polar surface area (TPSA) is 68.6 Å². The number of hydrogen-bond acceptors (Lipinski definition) is 4. The number of halogens is 1. The van der Waals surface area contributed by atoms with E-state index in [-0.39, 0.29) is 5.69 Å². The maximum Gasteiger partial charge on any atom is 0.269 e. The van der Waals surface area contributed by atoms with E-state index in [2.05, 4.69) is 4.99 Å². The molecule has 3 rings (SSSR count). The zero-order chi connectivity index (χ0) is 17.1. The van der Waals surface area contributed by atoms with Gasteiger partial charge >= 0.3 is 0 Å². The molecule has 5 nitrogen and oxygen atoms in total. The van der Waals surface area contributed by atoms with E-state index >= 15 is 0 Å². The maximum atomic E-state index is 10.7. The van der Waals surface area contributed by atoms with Crippen molar-refractivity contribution < 1.29 is 9.34 Å². The molecule has 3 aromatic rings. The van der Waals surface area contributed by atoms with Gasteiger partial charge in [0, 0.05) is 28.9 Å². The highest BCUT2D eigenvalue weighted by atomic mass is 35.5. The van der Waals surface area contributed by atoms with Gasteiger partial charge in [0.05, 0.1) is 10.6 Å². The van der Waals surface area contributed by atoms with Crippen molar-refractivity contribution in [2.45, 2.75) is 6.92 Å². The molecule has 0 bridgehead atoms. The molecule has 0 atom stereocenters. The minimum atomic E-state index is -0.435. The lowest BCUT2D eigenvalue weighted by molar-refractivity contribution is -0.384. The standard InChI is InChI=1S/C18H13ClN2O3/c1-12-2-9-18(24-12)16-8-5-14(19)10-17(16)20-11-13-3-6-15(7-4-13)21(22)23/h2-11H,1H3. The molecule has 1 aromatic heterocycles. The Morgan fingerprint density at radius 2 is 1.88 bits per heavy atom. The fourth-order valence-corrected chi connectivity index (χ4v) is 2.39. The first-order chi connectivity index (χ1) is 11.5. The van der Waals surface area contributed by atoms with Crippen LogP contribution in [-0.4, -0.2) is 11.1 Å². The fraction of sp³-hybridized carbons (Fsp3) is 0.0556. The van der Waals surface area contributed by atoms with E-state index in [0.717, 1.165) is 16.9 Å². The van der Waals surface area contributed by atoms with E-state index in [9.17, 15) is 10.1 Å². The Balaban J connectivity index is 1.94. The largest absolute Gasteiger partial charge is 0.461 e. The molecule has 0 N–H and O–H groups in total. The summed E-state index contributed by atoms with van der Waals surface area (Å²) in [5, 5.41) is 11.2. The van der Waals surface area contributed by atoms with Crippen molar-refractivity contribution in [2.24, 2.45) is 4.99 Å². The molecule has 1 heterocycles. The van der Waals surface area contributed by atoms with Crippen LogP contribution in [0.15, 0.2) is 64.0 Å². The molecule has 0 aliphatic rings. The molecule has 0 fully saturated rings. The Bertz CT molecular complexity index is 914. The van der Waals surface area contributed by atoms with Crippen molar-refractivity contribution in [1.29, 1.82) is 0 Å². The summed E-state index contributed by atoms with van der Waals surface area (Å²) >= 11 is 6.07. The average molecular weight is 341 g/mol. The third kappa shape index (κ3) is 3.52. The van der Waals surface area contributed by atoms with Crippen molar-refractivity contribution in [3.05, 3.63) is 81.1 Å². The van der Waals surface area contributed by atoms with Crippen molar-refractivity contribution in [3.63, 3.8) is 0 Å². The quantitative estimate of drug-likeness (QED) is 0.354. The molecule has 120 valence electrons. The monoisotopic (exact) mass is 340 g/mol. The van der Waals surface area contributed by atoms with Crippen molar-refractivity contribution in [1.82, 2.24) is 0 Å². The van der Waals surface area contributed by atoms with Crippen LogP contribution in [0.1, 0.15) is 11.3 Å². The van der Waals surface area contributed by atoms with Gasteiger partial charge in [-0.2, -0.15) is 0 Å². The highest BCUT2D eigenvalue weighted by Gasteiger charge is 2.09. The molecule has 0 saturated carbocycles. The van der Waals surface area contributed by atoms with E-state index in [0.29, 0.717) is 16.5 Å². The SMILES string of the molecule is Cc1ccc(-c2ccc(Cl)cc2N=Cc2ccc([N+](=O)[O-])cc2)o1. The summed E-state index contributed by atoms with van der Waals surface area (Å²) in [6.07, 6.45) is 1.63. The number of non-ortho nitro benzene ring substituents is 1. The summed E-state index contributed by atoms with van der Waals surface area (Å²) < 4.78 is 5.65. The van der Waals surface area contributed by atoms with Crippen molar-refractivity contribution in [2.75, 3.05) is 0 Å². The van der Waals surface area contributed by atoms with Crippen LogP contribution in [0.5, 0.6) is 0 Å². The minimum Gasteiger partial charge on any atom is -0.461 e. The van der Waals surface area contributed by atoms with Crippen LogP contribution in [-0.2, 0) is 0 Å². The Morgan fingerprint density at radius 3 is 2.50 bits per heavy atom. The second-order valence-electron chi connectivity index (χ2n) is 5.18. The minimum absolute atomic E-state index is 0.0432. The molecule has 0 aliphatic carbocycles. The first-order valence-corrected chi connectivity index (χ1v) is 7.55. The predicted molar refractivity (Wildman–Crippen MR) is 94.2 cm³/mol. The van der Waals surface area contributed by atoms with Gasteiger partial charge in [0.2, 0.25) is 0 Å². The van der Waals surface area contributed by atoms with Crippen LogP contribution >= 0.6 is 11.6 Å². The molecule has 2 aromatic carbocycles. The number of benzene rings is 2. The number of nitro groups is 1. The summed E-state index contributed by atoms with van der Waals surface area (Å²) in [6.45, 7) is 1.87. The van der Waals surface area contributed by atoms with Gasteiger partial charge < -0.3 is 4.42 Å². The molecule has 24 heavy (non-hydrogen) atoms. The number of rotatable bonds is 4. The average Bonchev–Trinajstić information content (AvgIpc) is 2.99. The Labute approximate surface area is 143 Å². The highest BCUT2D eigenvalue weighted by molar-refractivity contribution is 6.31. The van der Waals surface area contributed by atoms with Gasteiger partial charge in [0.15, 0.2) is 0 Å². The lowest BCUT2D eigenvalue weighted by atomic mass is 10.1. The Kier molecular flexibility index (Phi) is 4.44. The zero-order valence-corrected chi connectivity index (χ0v) is 13.5. The summed E-state index contributed by atoms with van der Waals surface area (Å²) in [5.74, 6) is 1.52. The highest BCUT2D eigenvalue weighted by Crippen LogP contribution is 2.33. The maximum absolute atomic E-state index is 10.7. The second-order valence-corrected chi connectivity index (χ2v) is 5.62. The number of furan rings is 1. The molecule has 0 unspecified atom stereocenters. The summed E-state index contributed by atoms with van der Waals surface area (Å²) in [4.78, 5) is 14.7. The number of nitrogens with zero attached hydrogens (tertiary/aromatic N) is 2. The van der Waals surface area contributed by atoms with Crippen LogP contribution in [0.2, 0.25) is 5.02 Å². The third-order valence-corrected chi connectivity index (χ3v) is 3.66. The molecule has 0 amide bonds. The van der Waals surface area contributed by atoms with Crippen molar-refractivity contribution in [3.8, 4) is 11.3 Å². The Hall–Kier alpha value is -2.92. The third-order valence-electron chi connectivity index (χ3n) is 3.42. The Morgan fingerprint density at radius 1 is 1.12 bits per heavy atom. The second kappa shape index (κ2) is 6.68. The molecule has 0 aliphatic heterocycles. The molecule has 0 spiro atoms. The van der Waals surface area contributed by atoms with Gasteiger partial charge in [-0.1, -0.05) is 11.6 Å². The molecular weight excluding hydrogens is 328 g/mol. The van der Waals surface area contributed by atoms with Crippen LogP contribution in [0.4, 0.5) is 11.4 Å². The zero-order valence-electron chi connectivity index (χ0n) is 12.8. The van der Waals surface area contributed by atoms with Gasteiger partial charge in [-0.15, -0.1) is 0 Å². The van der Waals surface area contributed by atoms with Gasteiger partial charge in [-0.05, 0) is 55.0 Å². The normalized spacial score (nSPS) is 11.1. The van der Waals surface area contributed by atoms with E-state index < -0.39 is 4.92 Å². The summed E-state index contributed by atoms with van der Waals surface area (Å²) in [6, 6.07) is 15.3. The lowest BCUT2D eigenvalue weighted by Crippen LogP contribution is -1.88. The van der Waals surface area contributed by atoms with E-state index in [1.54, 1.807) is 30.5 Å². The summed E-state index contributed by atoms with van der Waals surface area (Å²) in [7, 11) is 0. The number of aryl methyl sites for hydroxylation is 1. The number of aliphatic imine (C=N–C) groups is 1.